The van der Waals surface area contributed by atoms with Crippen LogP contribution in [0.3, 0.4) is 0 Å². The van der Waals surface area contributed by atoms with E-state index in [-0.39, 0.29) is 11.5 Å². The third-order valence-electron chi connectivity index (χ3n) is 5.04. The van der Waals surface area contributed by atoms with Crippen molar-refractivity contribution in [3.05, 3.63) is 40.3 Å². The van der Waals surface area contributed by atoms with E-state index in [4.69, 9.17) is 0 Å². The maximum absolute atomic E-state index is 13.1. The van der Waals surface area contributed by atoms with Gasteiger partial charge >= 0.3 is 0 Å². The minimum atomic E-state index is -0.569. The third-order valence-corrected chi connectivity index (χ3v) is 5.04. The number of nitrogens with one attached hydrogen (secondary N) is 3. The fraction of sp³-hybridized carbons (Fsp3) is 0.312. The van der Waals surface area contributed by atoms with Crippen LogP contribution in [0.4, 0.5) is 11.5 Å². The van der Waals surface area contributed by atoms with Crippen LogP contribution in [0.15, 0.2) is 23.5 Å². The van der Waals surface area contributed by atoms with Gasteiger partial charge in [0.25, 0.3) is 11.5 Å². The summed E-state index contributed by atoms with van der Waals surface area (Å²) in [4.78, 5) is 40.7. The molecule has 0 saturated heterocycles. The molecule has 0 atom stereocenters. The third kappa shape index (κ3) is 1.80. The Bertz CT molecular complexity index is 1090. The number of amides is 1. The van der Waals surface area contributed by atoms with Crippen molar-refractivity contribution >= 4 is 28.6 Å². The van der Waals surface area contributed by atoms with Gasteiger partial charge in [-0.15, -0.1) is 0 Å². The number of H-pyrrole nitrogens is 1. The molecule has 0 radical (unpaired) electrons. The second-order valence-corrected chi connectivity index (χ2v) is 6.52. The van der Waals surface area contributed by atoms with Crippen molar-refractivity contribution in [2.75, 3.05) is 5.32 Å². The smallest absolute Gasteiger partial charge is 0.276 e. The molecule has 126 valence electrons. The molecule has 0 aromatic carbocycles. The molecule has 1 fully saturated rings. The van der Waals surface area contributed by atoms with Crippen LogP contribution in [0.5, 0.6) is 0 Å². The van der Waals surface area contributed by atoms with Crippen molar-refractivity contribution in [1.82, 2.24) is 29.8 Å². The van der Waals surface area contributed by atoms with E-state index in [9.17, 15) is 9.59 Å². The summed E-state index contributed by atoms with van der Waals surface area (Å²) in [5, 5.41) is 6.06. The molecule has 3 N–H and O–H groups in total. The van der Waals surface area contributed by atoms with Gasteiger partial charge < -0.3 is 15.6 Å². The van der Waals surface area contributed by atoms with Gasteiger partial charge in [0.2, 0.25) is 0 Å². The van der Waals surface area contributed by atoms with Crippen molar-refractivity contribution < 1.29 is 4.79 Å². The van der Waals surface area contributed by atoms with E-state index in [1.54, 1.807) is 10.6 Å². The van der Waals surface area contributed by atoms with Crippen LogP contribution in [-0.2, 0) is 5.66 Å². The number of anilines is 2. The van der Waals surface area contributed by atoms with Crippen LogP contribution in [-0.4, -0.2) is 30.4 Å². The van der Waals surface area contributed by atoms with Gasteiger partial charge in [-0.25, -0.2) is 15.0 Å². The predicted octanol–water partition coefficient (Wildman–Crippen LogP) is 1.15. The fourth-order valence-electron chi connectivity index (χ4n) is 3.70. The first kappa shape index (κ1) is 14.1. The van der Waals surface area contributed by atoms with Gasteiger partial charge in [0.1, 0.15) is 28.9 Å². The number of aromatic nitrogens is 5. The monoisotopic (exact) mass is 337 g/mol. The maximum atomic E-state index is 13.1. The lowest BCUT2D eigenvalue weighted by Gasteiger charge is -2.39. The molecule has 1 spiro atoms. The largest absolute Gasteiger partial charge is 0.340 e. The van der Waals surface area contributed by atoms with Gasteiger partial charge in [-0.05, 0) is 37.8 Å². The zero-order chi connectivity index (χ0) is 17.2. The Morgan fingerprint density at radius 3 is 2.84 bits per heavy atom. The maximum Gasteiger partial charge on any atom is 0.276 e. The molecule has 0 bridgehead atoms. The predicted molar refractivity (Wildman–Crippen MR) is 89.7 cm³/mol. The minimum Gasteiger partial charge on any atom is -0.340 e. The molecule has 9 nitrogen and oxygen atoms in total. The number of pyridine rings is 1. The minimum absolute atomic E-state index is 0.182. The average Bonchev–Trinajstić information content (AvgIpc) is 3.15. The summed E-state index contributed by atoms with van der Waals surface area (Å²) < 4.78 is 1.61. The molecule has 2 aliphatic rings. The summed E-state index contributed by atoms with van der Waals surface area (Å²) >= 11 is 0. The molecule has 9 heteroatoms. The number of hydrogen-bond acceptors (Lipinski definition) is 6. The topological polar surface area (TPSA) is 118 Å². The van der Waals surface area contributed by atoms with Crippen LogP contribution < -0.4 is 16.2 Å². The molecule has 1 amide bonds. The van der Waals surface area contributed by atoms with Crippen LogP contribution in [0.2, 0.25) is 0 Å². The van der Waals surface area contributed by atoms with Gasteiger partial charge in [0.05, 0.1) is 6.33 Å². The Labute approximate surface area is 141 Å². The van der Waals surface area contributed by atoms with Crippen molar-refractivity contribution in [1.29, 1.82) is 0 Å². The number of aromatic amines is 1. The van der Waals surface area contributed by atoms with Crippen molar-refractivity contribution in [2.45, 2.75) is 31.8 Å². The number of carbonyl (C=O) groups is 1. The summed E-state index contributed by atoms with van der Waals surface area (Å²) in [6, 6.07) is 1.69. The van der Waals surface area contributed by atoms with E-state index in [1.807, 2.05) is 6.92 Å². The van der Waals surface area contributed by atoms with E-state index < -0.39 is 5.66 Å². The Hall–Kier alpha value is -3.23. The first-order chi connectivity index (χ1) is 12.1. The number of imidazole rings is 1. The van der Waals surface area contributed by atoms with Gasteiger partial charge in [-0.3, -0.25) is 14.2 Å². The molecule has 1 aliphatic heterocycles. The SMILES string of the molecule is Cc1cc(Nc2ncnc3nc[nH]c23)c(=O)n2c1C(=O)NC21CCC1. The Morgan fingerprint density at radius 1 is 1.24 bits per heavy atom. The van der Waals surface area contributed by atoms with Gasteiger partial charge in [-0.2, -0.15) is 0 Å². The highest BCUT2D eigenvalue weighted by atomic mass is 16.2. The quantitative estimate of drug-likeness (QED) is 0.645. The molecular formula is C16H15N7O2. The molecule has 0 unspecified atom stereocenters. The molecule has 3 aromatic rings. The standard InChI is InChI=1S/C16H15N7O2/c1-8-5-9(21-13-10-12(18-6-17-10)19-7-20-13)15(25)23-11(8)14(24)22-16(23)3-2-4-16/h5-7H,2-4H2,1H3,(H,22,24)(H2,17,18,19,20,21). The number of hydrogen-bond donors (Lipinski definition) is 3. The number of aryl methyl sites for hydroxylation is 1. The summed E-state index contributed by atoms with van der Waals surface area (Å²) in [6.45, 7) is 1.83. The van der Waals surface area contributed by atoms with Crippen molar-refractivity contribution in [3.63, 3.8) is 0 Å². The average molecular weight is 337 g/mol. The Kier molecular flexibility index (Phi) is 2.63. The van der Waals surface area contributed by atoms with Crippen LogP contribution in [0, 0.1) is 6.92 Å². The second kappa shape index (κ2) is 4.65. The number of carbonyl (C=O) groups excluding carboxylic acids is 1. The summed E-state index contributed by atoms with van der Waals surface area (Å²) in [5.74, 6) is 0.290. The van der Waals surface area contributed by atoms with E-state index in [1.165, 1.54) is 12.7 Å². The summed E-state index contributed by atoms with van der Waals surface area (Å²) in [7, 11) is 0. The van der Waals surface area contributed by atoms with Gasteiger partial charge in [0.15, 0.2) is 11.5 Å². The normalized spacial score (nSPS) is 17.4. The fourth-order valence-corrected chi connectivity index (χ4v) is 3.70. The zero-order valence-electron chi connectivity index (χ0n) is 13.5. The number of rotatable bonds is 2. The van der Waals surface area contributed by atoms with Crippen molar-refractivity contribution in [3.8, 4) is 0 Å². The first-order valence-electron chi connectivity index (χ1n) is 8.10. The highest BCUT2D eigenvalue weighted by Crippen LogP contribution is 2.41. The van der Waals surface area contributed by atoms with E-state index in [0.29, 0.717) is 28.4 Å². The molecule has 3 aromatic heterocycles. The van der Waals surface area contributed by atoms with Gasteiger partial charge in [0, 0.05) is 0 Å². The molecule has 5 rings (SSSR count). The molecule has 1 aliphatic carbocycles. The lowest BCUT2D eigenvalue weighted by Crippen LogP contribution is -2.52. The second-order valence-electron chi connectivity index (χ2n) is 6.52. The first-order valence-corrected chi connectivity index (χ1v) is 8.10. The number of fused-ring (bicyclic) bond motifs is 3. The highest BCUT2D eigenvalue weighted by Gasteiger charge is 2.48. The van der Waals surface area contributed by atoms with Crippen molar-refractivity contribution in [2.24, 2.45) is 0 Å². The van der Waals surface area contributed by atoms with E-state index in [0.717, 1.165) is 24.8 Å². The summed E-state index contributed by atoms with van der Waals surface area (Å²) in [5.41, 5.74) is 1.91. The molecule has 25 heavy (non-hydrogen) atoms. The summed E-state index contributed by atoms with van der Waals surface area (Å²) in [6.07, 6.45) is 5.45. The molecule has 4 heterocycles. The zero-order valence-corrected chi connectivity index (χ0v) is 13.5. The molecule has 1 saturated carbocycles. The lowest BCUT2D eigenvalue weighted by molar-refractivity contribution is 0.0790. The van der Waals surface area contributed by atoms with E-state index in [2.05, 4.69) is 30.6 Å². The van der Waals surface area contributed by atoms with E-state index >= 15 is 0 Å². The Morgan fingerprint density at radius 2 is 2.08 bits per heavy atom. The van der Waals surface area contributed by atoms with Crippen LogP contribution >= 0.6 is 0 Å². The Balaban J connectivity index is 1.68. The van der Waals surface area contributed by atoms with Crippen LogP contribution in [0.25, 0.3) is 11.2 Å². The van der Waals surface area contributed by atoms with Crippen LogP contribution in [0.1, 0.15) is 35.3 Å². The highest BCUT2D eigenvalue weighted by molar-refractivity contribution is 5.97. The molecular weight excluding hydrogens is 322 g/mol. The number of nitrogens with zero attached hydrogens (tertiary/aromatic N) is 4. The lowest BCUT2D eigenvalue weighted by atomic mass is 9.85. The van der Waals surface area contributed by atoms with Gasteiger partial charge in [-0.1, -0.05) is 0 Å².